The molecule has 12 heteroatoms. The molecule has 248 valence electrons. The predicted molar refractivity (Wildman–Crippen MR) is 168 cm³/mol. The highest BCUT2D eigenvalue weighted by Gasteiger charge is 2.38. The number of fused-ring (bicyclic) bond motifs is 1. The monoisotopic (exact) mass is 650 g/mol. The molecule has 4 aromatic rings. The Morgan fingerprint density at radius 1 is 1.09 bits per heavy atom. The van der Waals surface area contributed by atoms with Crippen molar-refractivity contribution in [3.05, 3.63) is 88.1 Å². The van der Waals surface area contributed by atoms with E-state index in [2.05, 4.69) is 10.00 Å². The lowest BCUT2D eigenvalue weighted by Crippen LogP contribution is -2.42. The number of halogens is 3. The highest BCUT2D eigenvalue weighted by Crippen LogP contribution is 2.40. The van der Waals surface area contributed by atoms with Crippen LogP contribution in [0.2, 0.25) is 0 Å². The van der Waals surface area contributed by atoms with Gasteiger partial charge in [0.05, 0.1) is 30.7 Å². The lowest BCUT2D eigenvalue weighted by atomic mass is 9.88. The van der Waals surface area contributed by atoms with E-state index in [4.69, 9.17) is 19.2 Å². The average molecular weight is 651 g/mol. The number of benzene rings is 2. The second-order valence-corrected chi connectivity index (χ2v) is 11.7. The molecule has 0 amide bonds. The van der Waals surface area contributed by atoms with Crippen molar-refractivity contribution in [3.63, 3.8) is 0 Å². The summed E-state index contributed by atoms with van der Waals surface area (Å²) in [6.45, 7) is 6.37. The zero-order valence-electron chi connectivity index (χ0n) is 26.3. The van der Waals surface area contributed by atoms with Crippen LogP contribution < -0.4 is 9.47 Å². The molecule has 0 saturated carbocycles. The lowest BCUT2D eigenvalue weighted by Gasteiger charge is -2.38. The highest BCUT2D eigenvalue weighted by atomic mass is 19.4. The minimum Gasteiger partial charge on any atom is -0.492 e. The van der Waals surface area contributed by atoms with Crippen LogP contribution in [0.15, 0.2) is 54.7 Å². The molecule has 1 N–H and O–H groups in total. The third kappa shape index (κ3) is 6.84. The number of para-hydroxylation sites is 1. The van der Waals surface area contributed by atoms with Crippen LogP contribution in [0.3, 0.4) is 0 Å². The molecule has 1 fully saturated rings. The van der Waals surface area contributed by atoms with Crippen molar-refractivity contribution in [1.29, 1.82) is 0 Å². The predicted octanol–water partition coefficient (Wildman–Crippen LogP) is 6.52. The van der Waals surface area contributed by atoms with E-state index >= 15 is 0 Å². The van der Waals surface area contributed by atoms with E-state index in [9.17, 15) is 23.1 Å². The fourth-order valence-electron chi connectivity index (χ4n) is 6.57. The summed E-state index contributed by atoms with van der Waals surface area (Å²) < 4.78 is 62.3. The van der Waals surface area contributed by atoms with E-state index in [-0.39, 0.29) is 36.6 Å². The second-order valence-electron chi connectivity index (χ2n) is 11.7. The van der Waals surface area contributed by atoms with Gasteiger partial charge in [0.2, 0.25) is 5.88 Å². The summed E-state index contributed by atoms with van der Waals surface area (Å²) in [5, 5.41) is 13.7. The number of aryl methyl sites for hydroxylation is 1. The van der Waals surface area contributed by atoms with E-state index in [1.54, 1.807) is 31.2 Å². The minimum absolute atomic E-state index is 0.0310. The number of carboxylic acids is 1. The number of pyridine rings is 1. The van der Waals surface area contributed by atoms with E-state index < -0.39 is 17.7 Å². The Morgan fingerprint density at radius 3 is 2.62 bits per heavy atom. The fraction of sp³-hybridized carbons (Fsp3) is 0.400. The van der Waals surface area contributed by atoms with Gasteiger partial charge in [-0.15, -0.1) is 0 Å². The Bertz CT molecular complexity index is 1750. The van der Waals surface area contributed by atoms with Crippen LogP contribution in [0.5, 0.6) is 11.6 Å². The summed E-state index contributed by atoms with van der Waals surface area (Å²) in [5.74, 6) is -0.264. The third-order valence-corrected chi connectivity index (χ3v) is 8.80. The van der Waals surface area contributed by atoms with Crippen LogP contribution in [0, 0.1) is 6.92 Å². The van der Waals surface area contributed by atoms with E-state index in [0.717, 1.165) is 24.0 Å². The lowest BCUT2D eigenvalue weighted by molar-refractivity contribution is -0.139. The molecular formula is C35H37F3N4O5. The molecule has 9 nitrogen and oxygen atoms in total. The van der Waals surface area contributed by atoms with Crippen molar-refractivity contribution in [2.45, 2.75) is 58.3 Å². The molecule has 0 spiro atoms. The Hall–Kier alpha value is -4.42. The number of aromatic carboxylic acids is 1. The van der Waals surface area contributed by atoms with E-state index in [1.165, 1.54) is 10.9 Å². The number of carboxylic acid groups (broad SMARTS) is 1. The molecule has 2 aromatic heterocycles. The molecule has 0 unspecified atom stereocenters. The molecule has 0 atom stereocenters. The molecule has 0 bridgehead atoms. The van der Waals surface area contributed by atoms with Crippen LogP contribution >= 0.6 is 0 Å². The summed E-state index contributed by atoms with van der Waals surface area (Å²) in [4.78, 5) is 18.7. The maximum atomic E-state index is 14.6. The maximum absolute atomic E-state index is 14.6. The number of nitrogens with zero attached hydrogens (tertiary/aromatic N) is 4. The first-order valence-electron chi connectivity index (χ1n) is 15.8. The largest absolute Gasteiger partial charge is 0.492 e. The van der Waals surface area contributed by atoms with Crippen LogP contribution in [-0.4, -0.2) is 69.8 Å². The Morgan fingerprint density at radius 2 is 1.87 bits per heavy atom. The number of rotatable bonds is 10. The number of hydrogen-bond acceptors (Lipinski definition) is 7. The van der Waals surface area contributed by atoms with Gasteiger partial charge in [0, 0.05) is 44.3 Å². The standard InChI is InChI=1S/C35H37F3N4O5/c1-3-46-33-28(34(43)44)20-39-42(33)30-9-5-8-29(40-30)27-7-4-6-22(2)32(27)47-19-13-23-10-11-24-21-41(25-14-17-45-18-15-25)16-12-26(24)31(23)35(36,37)38/h4-11,20,25H,3,12-19,21H2,1-2H3,(H,43,44). The number of carbonyl (C=O) groups is 1. The van der Waals surface area contributed by atoms with Crippen LogP contribution in [0.4, 0.5) is 13.2 Å². The van der Waals surface area contributed by atoms with Crippen LogP contribution in [0.1, 0.15) is 57.9 Å². The molecule has 2 aromatic carbocycles. The quantitative estimate of drug-likeness (QED) is 0.207. The summed E-state index contributed by atoms with van der Waals surface area (Å²) in [6.07, 6.45) is -1.03. The maximum Gasteiger partial charge on any atom is 0.416 e. The van der Waals surface area contributed by atoms with E-state index in [1.807, 2.05) is 31.2 Å². The summed E-state index contributed by atoms with van der Waals surface area (Å²) in [5.41, 5.74) is 2.71. The zero-order valence-corrected chi connectivity index (χ0v) is 26.3. The van der Waals surface area contributed by atoms with Crippen molar-refractivity contribution < 1.29 is 37.3 Å². The summed E-state index contributed by atoms with van der Waals surface area (Å²) >= 11 is 0. The highest BCUT2D eigenvalue weighted by molar-refractivity contribution is 5.90. The van der Waals surface area contributed by atoms with Crippen molar-refractivity contribution in [2.75, 3.05) is 33.0 Å². The van der Waals surface area contributed by atoms with Crippen LogP contribution in [-0.2, 0) is 30.3 Å². The van der Waals surface area contributed by atoms with Gasteiger partial charge in [-0.3, -0.25) is 4.90 Å². The van der Waals surface area contributed by atoms with Gasteiger partial charge in [-0.2, -0.15) is 23.0 Å². The smallest absolute Gasteiger partial charge is 0.416 e. The summed E-state index contributed by atoms with van der Waals surface area (Å²) in [7, 11) is 0. The second kappa shape index (κ2) is 13.7. The van der Waals surface area contributed by atoms with E-state index in [0.29, 0.717) is 67.2 Å². The average Bonchev–Trinajstić information content (AvgIpc) is 3.49. The van der Waals surface area contributed by atoms with Gasteiger partial charge in [-0.05, 0) is 73.6 Å². The van der Waals surface area contributed by atoms with Gasteiger partial charge in [0.1, 0.15) is 11.3 Å². The number of ether oxygens (including phenoxy) is 3. The molecule has 0 aliphatic carbocycles. The van der Waals surface area contributed by atoms with Crippen molar-refractivity contribution in [2.24, 2.45) is 0 Å². The minimum atomic E-state index is -4.48. The van der Waals surface area contributed by atoms with Gasteiger partial charge < -0.3 is 19.3 Å². The molecule has 2 aliphatic heterocycles. The SMILES string of the molecule is CCOc1c(C(=O)O)cnn1-c1cccc(-c2cccc(C)c2OCCc2ccc3c(c2C(F)(F)F)CCN(C2CCOCC2)C3)n1. The number of aromatic nitrogens is 3. The molecule has 0 radical (unpaired) electrons. The van der Waals surface area contributed by atoms with Gasteiger partial charge in [0.15, 0.2) is 5.82 Å². The summed E-state index contributed by atoms with van der Waals surface area (Å²) in [6, 6.07) is 14.6. The molecular weight excluding hydrogens is 613 g/mol. The molecule has 1 saturated heterocycles. The van der Waals surface area contributed by atoms with Crippen molar-refractivity contribution >= 4 is 5.97 Å². The first-order valence-corrected chi connectivity index (χ1v) is 15.8. The molecule has 2 aliphatic rings. The Kier molecular flexibility index (Phi) is 9.51. The van der Waals surface area contributed by atoms with Crippen LogP contribution in [0.25, 0.3) is 17.1 Å². The molecule has 47 heavy (non-hydrogen) atoms. The first-order chi connectivity index (χ1) is 22.7. The van der Waals surface area contributed by atoms with Gasteiger partial charge in [-0.25, -0.2) is 9.78 Å². The number of hydrogen-bond donors (Lipinski definition) is 1. The zero-order chi connectivity index (χ0) is 33.1. The first kappa shape index (κ1) is 32.5. The molecule has 4 heterocycles. The molecule has 6 rings (SSSR count). The topological polar surface area (TPSA) is 98.9 Å². The van der Waals surface area contributed by atoms with Gasteiger partial charge in [-0.1, -0.05) is 30.3 Å². The van der Waals surface area contributed by atoms with Crippen molar-refractivity contribution in [3.8, 4) is 28.7 Å². The van der Waals surface area contributed by atoms with Gasteiger partial charge in [0.25, 0.3) is 0 Å². The third-order valence-electron chi connectivity index (χ3n) is 8.80. The van der Waals surface area contributed by atoms with Gasteiger partial charge >= 0.3 is 12.1 Å². The fourth-order valence-corrected chi connectivity index (χ4v) is 6.57. The Labute approximate surface area is 270 Å². The Balaban J connectivity index is 1.24. The van der Waals surface area contributed by atoms with Crippen molar-refractivity contribution in [1.82, 2.24) is 19.7 Å². The normalized spacial score (nSPS) is 15.8. The number of alkyl halides is 3.